The third-order valence-corrected chi connectivity index (χ3v) is 7.55. The highest BCUT2D eigenvalue weighted by Gasteiger charge is 2.27. The number of rotatable bonds is 5. The van der Waals surface area contributed by atoms with Gasteiger partial charge >= 0.3 is 6.03 Å². The summed E-state index contributed by atoms with van der Waals surface area (Å²) in [5, 5.41) is 7.75. The standard InChI is InChI=1S/C31H26Cl2N4O/c32-24-10-7-21(8-11-24)4-3-16-36-17-14-27-26(20-36)30-25-6-2-1-5-23(25)9-12-28(30)37(27)31(38)35-19-22-13-15-34-29(33)18-22/h1-13,15,18H,14,16-17,19-20H2,(H,35,38). The number of amides is 1. The van der Waals surface area contributed by atoms with Crippen molar-refractivity contribution in [3.05, 3.63) is 118 Å². The summed E-state index contributed by atoms with van der Waals surface area (Å²) in [4.78, 5) is 20.0. The van der Waals surface area contributed by atoms with Crippen LogP contribution in [0.25, 0.3) is 27.8 Å². The average molecular weight is 541 g/mol. The van der Waals surface area contributed by atoms with Crippen molar-refractivity contribution in [2.45, 2.75) is 19.5 Å². The molecule has 0 saturated carbocycles. The number of carbonyl (C=O) groups is 1. The van der Waals surface area contributed by atoms with Crippen molar-refractivity contribution >= 4 is 57.0 Å². The van der Waals surface area contributed by atoms with Crippen molar-refractivity contribution in [1.82, 2.24) is 19.8 Å². The largest absolute Gasteiger partial charge is 0.333 e. The van der Waals surface area contributed by atoms with E-state index in [-0.39, 0.29) is 6.03 Å². The molecule has 0 fully saturated rings. The molecule has 5 nitrogen and oxygen atoms in total. The van der Waals surface area contributed by atoms with Crippen LogP contribution in [0.5, 0.6) is 0 Å². The van der Waals surface area contributed by atoms with Crippen LogP contribution in [0, 0.1) is 0 Å². The predicted molar refractivity (Wildman–Crippen MR) is 156 cm³/mol. The molecule has 38 heavy (non-hydrogen) atoms. The summed E-state index contributed by atoms with van der Waals surface area (Å²) < 4.78 is 1.88. The van der Waals surface area contributed by atoms with Crippen molar-refractivity contribution in [2.24, 2.45) is 0 Å². The van der Waals surface area contributed by atoms with Crippen molar-refractivity contribution in [1.29, 1.82) is 0 Å². The summed E-state index contributed by atoms with van der Waals surface area (Å²) in [5.74, 6) is 0. The maximum atomic E-state index is 13.6. The molecule has 3 heterocycles. The predicted octanol–water partition coefficient (Wildman–Crippen LogP) is 7.33. The molecule has 5 aromatic rings. The molecule has 2 aromatic heterocycles. The van der Waals surface area contributed by atoms with E-state index in [1.54, 1.807) is 12.3 Å². The number of nitrogens with zero attached hydrogens (tertiary/aromatic N) is 3. The van der Waals surface area contributed by atoms with Gasteiger partial charge in [0, 0.05) is 54.9 Å². The molecule has 0 bridgehead atoms. The number of fused-ring (bicyclic) bond motifs is 5. The van der Waals surface area contributed by atoms with Gasteiger partial charge in [0.1, 0.15) is 5.15 Å². The van der Waals surface area contributed by atoms with Crippen molar-refractivity contribution < 1.29 is 4.79 Å². The first-order chi connectivity index (χ1) is 18.6. The summed E-state index contributed by atoms with van der Waals surface area (Å²) in [6.45, 7) is 2.86. The molecule has 0 aliphatic carbocycles. The van der Waals surface area contributed by atoms with Crippen LogP contribution < -0.4 is 5.32 Å². The molecule has 0 unspecified atom stereocenters. The number of pyridine rings is 1. The van der Waals surface area contributed by atoms with E-state index in [2.05, 4.69) is 63.8 Å². The van der Waals surface area contributed by atoms with Crippen LogP contribution in [-0.2, 0) is 19.5 Å². The topological polar surface area (TPSA) is 50.2 Å². The minimum absolute atomic E-state index is 0.129. The molecular weight excluding hydrogens is 515 g/mol. The maximum absolute atomic E-state index is 13.6. The second-order valence-electron chi connectivity index (χ2n) is 9.53. The Morgan fingerprint density at radius 3 is 2.71 bits per heavy atom. The molecule has 1 aliphatic rings. The Morgan fingerprint density at radius 2 is 1.87 bits per heavy atom. The molecular formula is C31H26Cl2N4O. The number of halogens is 2. The van der Waals surface area contributed by atoms with E-state index in [4.69, 9.17) is 23.2 Å². The third kappa shape index (κ3) is 4.93. The summed E-state index contributed by atoms with van der Waals surface area (Å²) >= 11 is 12.1. The number of hydrogen-bond donors (Lipinski definition) is 1. The first-order valence-electron chi connectivity index (χ1n) is 12.6. The highest BCUT2D eigenvalue weighted by atomic mass is 35.5. The van der Waals surface area contributed by atoms with E-state index in [1.807, 2.05) is 34.9 Å². The lowest BCUT2D eigenvalue weighted by molar-refractivity contribution is 0.240. The Morgan fingerprint density at radius 1 is 1.03 bits per heavy atom. The van der Waals surface area contributed by atoms with Gasteiger partial charge in [-0.1, -0.05) is 77.8 Å². The van der Waals surface area contributed by atoms with Crippen molar-refractivity contribution in [3.8, 4) is 0 Å². The molecule has 190 valence electrons. The number of aromatic nitrogens is 2. The SMILES string of the molecule is O=C(NCc1ccnc(Cl)c1)n1c2c(c3c4ccccc4ccc31)CN(CC=Cc1ccc(Cl)cc1)CC2. The quantitative estimate of drug-likeness (QED) is 0.237. The van der Waals surface area contributed by atoms with Crippen molar-refractivity contribution in [3.63, 3.8) is 0 Å². The summed E-state index contributed by atoms with van der Waals surface area (Å²) in [6.07, 6.45) is 6.77. The Labute approximate surface area is 231 Å². The van der Waals surface area contributed by atoms with Gasteiger partial charge in [-0.15, -0.1) is 0 Å². The van der Waals surface area contributed by atoms with E-state index in [0.717, 1.165) is 58.8 Å². The fourth-order valence-electron chi connectivity index (χ4n) is 5.30. The van der Waals surface area contributed by atoms with Crippen molar-refractivity contribution in [2.75, 3.05) is 13.1 Å². The highest BCUT2D eigenvalue weighted by Crippen LogP contribution is 2.36. The molecule has 6 rings (SSSR count). The molecule has 0 saturated heterocycles. The van der Waals surface area contributed by atoms with Crippen LogP contribution in [-0.4, -0.2) is 33.6 Å². The van der Waals surface area contributed by atoms with Gasteiger partial charge in [0.2, 0.25) is 0 Å². The highest BCUT2D eigenvalue weighted by molar-refractivity contribution is 6.30. The van der Waals surface area contributed by atoms with Crippen LogP contribution in [0.15, 0.2) is 85.1 Å². The van der Waals surface area contributed by atoms with Crippen LogP contribution in [0.3, 0.4) is 0 Å². The van der Waals surface area contributed by atoms with Gasteiger partial charge in [0.05, 0.1) is 5.52 Å². The Balaban J connectivity index is 1.32. The molecule has 1 N–H and O–H groups in total. The number of nitrogens with one attached hydrogen (secondary N) is 1. The smallest absolute Gasteiger partial charge is 0.326 e. The maximum Gasteiger partial charge on any atom is 0.326 e. The molecule has 1 aliphatic heterocycles. The number of hydrogen-bond acceptors (Lipinski definition) is 3. The third-order valence-electron chi connectivity index (χ3n) is 7.10. The summed E-state index contributed by atoms with van der Waals surface area (Å²) in [6, 6.07) is 23.9. The second-order valence-corrected chi connectivity index (χ2v) is 10.3. The molecule has 0 spiro atoms. The zero-order chi connectivity index (χ0) is 26.1. The monoisotopic (exact) mass is 540 g/mol. The van der Waals surface area contributed by atoms with E-state index >= 15 is 0 Å². The molecule has 1 amide bonds. The normalized spacial score (nSPS) is 13.8. The lowest BCUT2D eigenvalue weighted by Gasteiger charge is -2.27. The first kappa shape index (κ1) is 24.7. The average Bonchev–Trinajstić information content (AvgIpc) is 3.27. The van der Waals surface area contributed by atoms with Gasteiger partial charge in [0.15, 0.2) is 0 Å². The molecule has 0 atom stereocenters. The van der Waals surface area contributed by atoms with Gasteiger partial charge in [-0.25, -0.2) is 9.78 Å². The second kappa shape index (κ2) is 10.6. The fourth-order valence-corrected chi connectivity index (χ4v) is 5.62. The van der Waals surface area contributed by atoms with Crippen LogP contribution in [0.1, 0.15) is 22.4 Å². The van der Waals surface area contributed by atoms with Gasteiger partial charge in [-0.2, -0.15) is 0 Å². The molecule has 7 heteroatoms. The molecule has 3 aromatic carbocycles. The van der Waals surface area contributed by atoms with E-state index in [1.165, 1.54) is 16.3 Å². The van der Waals surface area contributed by atoms with E-state index < -0.39 is 0 Å². The lowest BCUT2D eigenvalue weighted by Crippen LogP contribution is -2.34. The van der Waals surface area contributed by atoms with Crippen LogP contribution in [0.4, 0.5) is 4.79 Å². The fraction of sp³-hybridized carbons (Fsp3) is 0.161. The Bertz CT molecular complexity index is 1670. The van der Waals surface area contributed by atoms with Crippen LogP contribution >= 0.6 is 23.2 Å². The van der Waals surface area contributed by atoms with Gasteiger partial charge in [-0.3, -0.25) is 9.47 Å². The van der Waals surface area contributed by atoms with Crippen LogP contribution in [0.2, 0.25) is 10.2 Å². The van der Waals surface area contributed by atoms with Gasteiger partial charge in [0.25, 0.3) is 0 Å². The minimum Gasteiger partial charge on any atom is -0.333 e. The van der Waals surface area contributed by atoms with E-state index in [0.29, 0.717) is 11.7 Å². The number of carbonyl (C=O) groups excluding carboxylic acids is 1. The lowest BCUT2D eigenvalue weighted by atomic mass is 9.99. The Kier molecular flexibility index (Phi) is 6.90. The Hall–Kier alpha value is -3.64. The molecule has 0 radical (unpaired) electrons. The minimum atomic E-state index is -0.129. The summed E-state index contributed by atoms with van der Waals surface area (Å²) in [5.41, 5.74) is 5.29. The summed E-state index contributed by atoms with van der Waals surface area (Å²) in [7, 11) is 0. The van der Waals surface area contributed by atoms with Gasteiger partial charge < -0.3 is 5.32 Å². The zero-order valence-corrected chi connectivity index (χ0v) is 22.2. The first-order valence-corrected chi connectivity index (χ1v) is 13.4. The van der Waals surface area contributed by atoms with Gasteiger partial charge in [-0.05, 0) is 57.8 Å². The number of benzene rings is 3. The zero-order valence-electron chi connectivity index (χ0n) is 20.7. The van der Waals surface area contributed by atoms with E-state index in [9.17, 15) is 4.79 Å².